The summed E-state index contributed by atoms with van der Waals surface area (Å²) in [5.41, 5.74) is 3.45. The summed E-state index contributed by atoms with van der Waals surface area (Å²) in [7, 11) is -3.62. The number of carbonyl (C=O) groups excluding carboxylic acids is 1. The molecule has 0 aromatic heterocycles. The van der Waals surface area contributed by atoms with Crippen LogP contribution in [-0.2, 0) is 27.6 Å². The average molecular weight is 408 g/mol. The molecule has 0 amide bonds. The first kappa shape index (κ1) is 19.9. The Hall–Kier alpha value is -1.89. The second-order valence-electron chi connectivity index (χ2n) is 6.63. The predicted octanol–water partition coefficient (Wildman–Crippen LogP) is 3.66. The van der Waals surface area contributed by atoms with Crippen LogP contribution in [0, 0.1) is 6.92 Å². The van der Waals surface area contributed by atoms with Gasteiger partial charge in [-0.2, -0.15) is 0 Å². The number of nitrogens with one attached hydrogen (secondary N) is 1. The molecule has 2 aromatic carbocycles. The zero-order valence-corrected chi connectivity index (χ0v) is 16.9. The van der Waals surface area contributed by atoms with E-state index in [0.717, 1.165) is 16.7 Å². The highest BCUT2D eigenvalue weighted by molar-refractivity contribution is 7.89. The van der Waals surface area contributed by atoms with Crippen LogP contribution in [0.1, 0.15) is 40.4 Å². The van der Waals surface area contributed by atoms with E-state index in [-0.39, 0.29) is 16.9 Å². The molecule has 1 aliphatic rings. The number of fused-ring (bicyclic) bond motifs is 1. The fourth-order valence-electron chi connectivity index (χ4n) is 3.46. The molecule has 0 fully saturated rings. The highest BCUT2D eigenvalue weighted by Crippen LogP contribution is 2.28. The van der Waals surface area contributed by atoms with Gasteiger partial charge in [0.1, 0.15) is 0 Å². The lowest BCUT2D eigenvalue weighted by molar-refractivity contribution is 0.0523. The summed E-state index contributed by atoms with van der Waals surface area (Å²) in [5, 5.41) is 0.488. The van der Waals surface area contributed by atoms with Gasteiger partial charge in [0, 0.05) is 11.1 Å². The molecular formula is C20H22ClNO4S. The molecule has 0 radical (unpaired) electrons. The lowest BCUT2D eigenvalue weighted by atomic mass is 9.84. The second kappa shape index (κ2) is 8.00. The fourth-order valence-corrected chi connectivity index (χ4v) is 4.86. The molecule has 0 saturated heterocycles. The Morgan fingerprint density at radius 2 is 1.93 bits per heavy atom. The maximum atomic E-state index is 12.6. The van der Waals surface area contributed by atoms with E-state index < -0.39 is 10.0 Å². The number of aryl methyl sites for hydroxylation is 1. The third kappa shape index (κ3) is 4.34. The molecule has 1 N–H and O–H groups in total. The highest BCUT2D eigenvalue weighted by atomic mass is 35.5. The van der Waals surface area contributed by atoms with Gasteiger partial charge in [-0.15, -0.1) is 0 Å². The van der Waals surface area contributed by atoms with Gasteiger partial charge in [0.2, 0.25) is 10.0 Å². The number of esters is 1. The zero-order chi connectivity index (χ0) is 19.6. The summed E-state index contributed by atoms with van der Waals surface area (Å²) in [6.45, 7) is 4.00. The molecule has 0 heterocycles. The van der Waals surface area contributed by atoms with Crippen molar-refractivity contribution >= 4 is 27.6 Å². The van der Waals surface area contributed by atoms with Crippen molar-refractivity contribution < 1.29 is 17.9 Å². The molecule has 0 aliphatic heterocycles. The molecule has 27 heavy (non-hydrogen) atoms. The Balaban J connectivity index is 1.82. The number of hydrogen-bond donors (Lipinski definition) is 1. The van der Waals surface area contributed by atoms with Crippen LogP contribution in [-0.4, -0.2) is 27.0 Å². The standard InChI is InChI=1S/C20H22ClNO4S/c1-3-26-20(23)19-13(2)4-5-14-12-16(8-11-18(14)19)22-27(24,25)17-9-6-15(21)7-10-17/h4-7,9-10,16,22H,3,8,11-12H2,1-2H3. The molecule has 5 nitrogen and oxygen atoms in total. The molecule has 1 atom stereocenters. The largest absolute Gasteiger partial charge is 0.462 e. The molecule has 7 heteroatoms. The van der Waals surface area contributed by atoms with Crippen LogP contribution in [0.4, 0.5) is 0 Å². The topological polar surface area (TPSA) is 72.5 Å². The molecule has 1 aliphatic carbocycles. The third-order valence-electron chi connectivity index (χ3n) is 4.75. The highest BCUT2D eigenvalue weighted by Gasteiger charge is 2.28. The summed E-state index contributed by atoms with van der Waals surface area (Å²) < 4.78 is 33.2. The van der Waals surface area contributed by atoms with Crippen molar-refractivity contribution in [1.29, 1.82) is 0 Å². The number of ether oxygens (including phenoxy) is 1. The molecule has 144 valence electrons. The van der Waals surface area contributed by atoms with E-state index in [9.17, 15) is 13.2 Å². The van der Waals surface area contributed by atoms with Gasteiger partial charge in [0.05, 0.1) is 17.1 Å². The first-order chi connectivity index (χ1) is 12.8. The summed E-state index contributed by atoms with van der Waals surface area (Å²) in [5.74, 6) is -0.313. The maximum absolute atomic E-state index is 12.6. The number of carbonyl (C=O) groups is 1. The smallest absolute Gasteiger partial charge is 0.338 e. The van der Waals surface area contributed by atoms with E-state index in [4.69, 9.17) is 16.3 Å². The van der Waals surface area contributed by atoms with E-state index in [2.05, 4.69) is 4.72 Å². The summed E-state index contributed by atoms with van der Waals surface area (Å²) in [4.78, 5) is 12.5. The Morgan fingerprint density at radius 3 is 2.59 bits per heavy atom. The van der Waals surface area contributed by atoms with Gasteiger partial charge in [0.25, 0.3) is 0 Å². The lowest BCUT2D eigenvalue weighted by Crippen LogP contribution is -2.39. The molecule has 2 aromatic rings. The Labute approximate surface area is 164 Å². The van der Waals surface area contributed by atoms with E-state index in [1.165, 1.54) is 12.1 Å². The minimum Gasteiger partial charge on any atom is -0.462 e. The Bertz CT molecular complexity index is 955. The van der Waals surface area contributed by atoms with Gasteiger partial charge in [0.15, 0.2) is 0 Å². The first-order valence-corrected chi connectivity index (χ1v) is 10.7. The minimum atomic E-state index is -3.62. The first-order valence-electron chi connectivity index (χ1n) is 8.88. The minimum absolute atomic E-state index is 0.189. The van der Waals surface area contributed by atoms with Crippen LogP contribution < -0.4 is 4.72 Å². The van der Waals surface area contributed by atoms with Crippen LogP contribution in [0.2, 0.25) is 5.02 Å². The summed E-state index contributed by atoms with van der Waals surface area (Å²) in [6.07, 6.45) is 1.78. The van der Waals surface area contributed by atoms with E-state index in [1.54, 1.807) is 19.1 Å². The van der Waals surface area contributed by atoms with E-state index >= 15 is 0 Å². The molecule has 0 spiro atoms. The maximum Gasteiger partial charge on any atom is 0.338 e. The van der Waals surface area contributed by atoms with Gasteiger partial charge in [-0.1, -0.05) is 23.7 Å². The van der Waals surface area contributed by atoms with Crippen molar-refractivity contribution in [2.24, 2.45) is 0 Å². The number of halogens is 1. The van der Waals surface area contributed by atoms with Crippen molar-refractivity contribution in [1.82, 2.24) is 4.72 Å². The quantitative estimate of drug-likeness (QED) is 0.767. The van der Waals surface area contributed by atoms with Crippen LogP contribution in [0.3, 0.4) is 0 Å². The van der Waals surface area contributed by atoms with Crippen molar-refractivity contribution in [2.75, 3.05) is 6.61 Å². The number of rotatable bonds is 5. The molecular weight excluding hydrogens is 386 g/mol. The molecule has 0 bridgehead atoms. The van der Waals surface area contributed by atoms with Crippen molar-refractivity contribution in [3.8, 4) is 0 Å². The summed E-state index contributed by atoms with van der Waals surface area (Å²) >= 11 is 5.83. The van der Waals surface area contributed by atoms with Crippen molar-refractivity contribution in [3.63, 3.8) is 0 Å². The second-order valence-corrected chi connectivity index (χ2v) is 8.78. The van der Waals surface area contributed by atoms with Gasteiger partial charge in [-0.3, -0.25) is 0 Å². The Kier molecular flexibility index (Phi) is 5.89. The molecule has 1 unspecified atom stereocenters. The van der Waals surface area contributed by atoms with Gasteiger partial charge in [-0.25, -0.2) is 17.9 Å². The van der Waals surface area contributed by atoms with Gasteiger partial charge in [-0.05, 0) is 74.1 Å². The molecule has 0 saturated carbocycles. The fraction of sp³-hybridized carbons (Fsp3) is 0.350. The average Bonchev–Trinajstić information content (AvgIpc) is 2.62. The number of sulfonamides is 1. The zero-order valence-electron chi connectivity index (χ0n) is 15.3. The van der Waals surface area contributed by atoms with Crippen molar-refractivity contribution in [2.45, 2.75) is 44.0 Å². The van der Waals surface area contributed by atoms with Crippen LogP contribution in [0.25, 0.3) is 0 Å². The van der Waals surface area contributed by atoms with Crippen molar-refractivity contribution in [3.05, 3.63) is 63.7 Å². The van der Waals surface area contributed by atoms with E-state index in [1.807, 2.05) is 19.1 Å². The predicted molar refractivity (Wildman–Crippen MR) is 105 cm³/mol. The van der Waals surface area contributed by atoms with Gasteiger partial charge >= 0.3 is 5.97 Å². The van der Waals surface area contributed by atoms with Crippen LogP contribution >= 0.6 is 11.6 Å². The number of benzene rings is 2. The number of hydrogen-bond acceptors (Lipinski definition) is 4. The molecule has 3 rings (SSSR count). The van der Waals surface area contributed by atoms with E-state index in [0.29, 0.717) is 36.5 Å². The Morgan fingerprint density at radius 1 is 1.22 bits per heavy atom. The summed E-state index contributed by atoms with van der Waals surface area (Å²) in [6, 6.07) is 9.72. The SMILES string of the molecule is CCOC(=O)c1c(C)ccc2c1CCC(NS(=O)(=O)c1ccc(Cl)cc1)C2. The van der Waals surface area contributed by atoms with Crippen LogP contribution in [0.5, 0.6) is 0 Å². The monoisotopic (exact) mass is 407 g/mol. The lowest BCUT2D eigenvalue weighted by Gasteiger charge is -2.27. The van der Waals surface area contributed by atoms with Crippen LogP contribution in [0.15, 0.2) is 41.3 Å². The normalized spacial score (nSPS) is 16.6. The third-order valence-corrected chi connectivity index (χ3v) is 6.54. The van der Waals surface area contributed by atoms with Gasteiger partial charge < -0.3 is 4.74 Å².